The van der Waals surface area contributed by atoms with Crippen LogP contribution in [0.2, 0.25) is 0 Å². The number of nitrogens with zero attached hydrogens (tertiary/aromatic N) is 3. The van der Waals surface area contributed by atoms with Crippen LogP contribution in [0.15, 0.2) is 45.5 Å². The van der Waals surface area contributed by atoms with E-state index in [-0.39, 0.29) is 5.69 Å². The minimum atomic E-state index is -4.73. The topological polar surface area (TPSA) is 157 Å². The predicted octanol–water partition coefficient (Wildman–Crippen LogP) is 3.16. The molecule has 0 radical (unpaired) electrons. The van der Waals surface area contributed by atoms with Crippen LogP contribution in [0.4, 0.5) is 22.7 Å². The van der Waals surface area contributed by atoms with Crippen LogP contribution in [0.25, 0.3) is 0 Å². The van der Waals surface area contributed by atoms with Gasteiger partial charge in [0.15, 0.2) is 0 Å². The van der Waals surface area contributed by atoms with Crippen molar-refractivity contribution >= 4 is 32.9 Å². The van der Waals surface area contributed by atoms with E-state index in [0.717, 1.165) is 12.1 Å². The average Bonchev–Trinajstić information content (AvgIpc) is 2.53. The fourth-order valence-corrected chi connectivity index (χ4v) is 2.64. The largest absolute Gasteiger partial charge is 0.495 e. The summed E-state index contributed by atoms with van der Waals surface area (Å²) in [6.07, 6.45) is 0. The second-order valence-corrected chi connectivity index (χ2v) is 6.35. The summed E-state index contributed by atoms with van der Waals surface area (Å²) in [4.78, 5) is 9.26. The fourth-order valence-electron chi connectivity index (χ4n) is 2.00. The molecular formula is C14H14N4O6S. The first-order valence-corrected chi connectivity index (χ1v) is 8.19. The molecule has 10 nitrogen and oxygen atoms in total. The standard InChI is InChI=1S/C14H14N4O6S/c1-8-5-10(15)13(24-2)7-12(8)17-16-11-4-3-9(18(19)20)6-14(11)25(21,22)23/h3-7H,15H2,1-2H3,(H,21,22,23). The number of aryl methyl sites for hydroxylation is 1. The van der Waals surface area contributed by atoms with Gasteiger partial charge in [-0.2, -0.15) is 13.5 Å². The van der Waals surface area contributed by atoms with Gasteiger partial charge in [0, 0.05) is 18.2 Å². The fraction of sp³-hybridized carbons (Fsp3) is 0.143. The van der Waals surface area contributed by atoms with Gasteiger partial charge in [-0.3, -0.25) is 14.7 Å². The van der Waals surface area contributed by atoms with Gasteiger partial charge in [-0.15, -0.1) is 5.11 Å². The highest BCUT2D eigenvalue weighted by molar-refractivity contribution is 7.86. The molecule has 25 heavy (non-hydrogen) atoms. The van der Waals surface area contributed by atoms with Crippen LogP contribution in [0.5, 0.6) is 5.75 Å². The molecule has 2 rings (SSSR count). The summed E-state index contributed by atoms with van der Waals surface area (Å²) in [5.41, 5.74) is 6.41. The van der Waals surface area contributed by atoms with Crippen LogP contribution in [0.1, 0.15) is 5.56 Å². The van der Waals surface area contributed by atoms with Crippen molar-refractivity contribution < 1.29 is 22.6 Å². The van der Waals surface area contributed by atoms with Crippen molar-refractivity contribution in [3.63, 3.8) is 0 Å². The van der Waals surface area contributed by atoms with Gasteiger partial charge in [0.25, 0.3) is 15.8 Å². The Balaban J connectivity index is 2.54. The summed E-state index contributed by atoms with van der Waals surface area (Å²) in [6, 6.07) is 5.95. The second kappa shape index (κ2) is 6.83. The minimum absolute atomic E-state index is 0.247. The molecule has 0 saturated carbocycles. The summed E-state index contributed by atoms with van der Waals surface area (Å²) in [7, 11) is -3.30. The van der Waals surface area contributed by atoms with Crippen LogP contribution in [0.3, 0.4) is 0 Å². The van der Waals surface area contributed by atoms with Gasteiger partial charge in [-0.1, -0.05) is 0 Å². The number of nitro groups is 1. The smallest absolute Gasteiger partial charge is 0.297 e. The van der Waals surface area contributed by atoms with Crippen molar-refractivity contribution in [3.05, 3.63) is 46.0 Å². The zero-order chi connectivity index (χ0) is 18.8. The minimum Gasteiger partial charge on any atom is -0.495 e. The average molecular weight is 366 g/mol. The number of non-ortho nitro benzene ring substituents is 1. The van der Waals surface area contributed by atoms with Crippen molar-refractivity contribution in [1.29, 1.82) is 0 Å². The van der Waals surface area contributed by atoms with E-state index in [1.165, 1.54) is 13.2 Å². The molecule has 2 aromatic rings. The molecule has 0 fully saturated rings. The van der Waals surface area contributed by atoms with Crippen LogP contribution in [0, 0.1) is 17.0 Å². The molecule has 0 aromatic heterocycles. The molecule has 2 aromatic carbocycles. The van der Waals surface area contributed by atoms with Crippen molar-refractivity contribution in [2.24, 2.45) is 10.2 Å². The van der Waals surface area contributed by atoms with E-state index in [1.807, 2.05) is 0 Å². The van der Waals surface area contributed by atoms with Crippen LogP contribution in [-0.2, 0) is 10.1 Å². The van der Waals surface area contributed by atoms with Crippen LogP contribution in [-0.4, -0.2) is 25.0 Å². The molecule has 0 heterocycles. The van der Waals surface area contributed by atoms with E-state index in [1.54, 1.807) is 13.0 Å². The first-order chi connectivity index (χ1) is 11.6. The number of rotatable bonds is 5. The first-order valence-electron chi connectivity index (χ1n) is 6.75. The lowest BCUT2D eigenvalue weighted by Gasteiger charge is -2.07. The normalized spacial score (nSPS) is 11.6. The third-order valence-corrected chi connectivity index (χ3v) is 4.13. The van der Waals surface area contributed by atoms with E-state index in [4.69, 9.17) is 10.5 Å². The molecule has 0 aliphatic heterocycles. The number of benzene rings is 2. The Labute approximate surface area is 142 Å². The number of nitrogen functional groups attached to an aromatic ring is 1. The highest BCUT2D eigenvalue weighted by Gasteiger charge is 2.20. The maximum absolute atomic E-state index is 11.4. The van der Waals surface area contributed by atoms with Gasteiger partial charge in [-0.25, -0.2) is 0 Å². The number of anilines is 1. The Kier molecular flexibility index (Phi) is 4.99. The molecule has 0 atom stereocenters. The van der Waals surface area contributed by atoms with Gasteiger partial charge in [0.05, 0.1) is 23.4 Å². The SMILES string of the molecule is COc1cc(N=Nc2ccc([N+](=O)[O-])cc2S(=O)(=O)O)c(C)cc1N. The monoisotopic (exact) mass is 366 g/mol. The predicted molar refractivity (Wildman–Crippen MR) is 89.2 cm³/mol. The van der Waals surface area contributed by atoms with Gasteiger partial charge >= 0.3 is 0 Å². The molecule has 0 bridgehead atoms. The van der Waals surface area contributed by atoms with Crippen molar-refractivity contribution in [2.45, 2.75) is 11.8 Å². The Morgan fingerprint density at radius 2 is 1.84 bits per heavy atom. The highest BCUT2D eigenvalue weighted by Crippen LogP contribution is 2.34. The Hall–Kier alpha value is -3.05. The zero-order valence-corrected chi connectivity index (χ0v) is 14.0. The maximum Gasteiger partial charge on any atom is 0.297 e. The summed E-state index contributed by atoms with van der Waals surface area (Å²) >= 11 is 0. The number of hydrogen-bond donors (Lipinski definition) is 2. The van der Waals surface area contributed by atoms with Crippen molar-refractivity contribution in [3.8, 4) is 5.75 Å². The Morgan fingerprint density at radius 1 is 1.20 bits per heavy atom. The molecule has 0 aliphatic rings. The molecular weight excluding hydrogens is 352 g/mol. The maximum atomic E-state index is 11.4. The van der Waals surface area contributed by atoms with E-state index >= 15 is 0 Å². The van der Waals surface area contributed by atoms with Crippen molar-refractivity contribution in [2.75, 3.05) is 12.8 Å². The van der Waals surface area contributed by atoms with Gasteiger partial charge in [-0.05, 0) is 24.6 Å². The Morgan fingerprint density at radius 3 is 2.40 bits per heavy atom. The molecule has 3 N–H and O–H groups in total. The molecule has 0 saturated heterocycles. The highest BCUT2D eigenvalue weighted by atomic mass is 32.2. The van der Waals surface area contributed by atoms with Crippen LogP contribution < -0.4 is 10.5 Å². The molecule has 0 unspecified atom stereocenters. The lowest BCUT2D eigenvalue weighted by molar-refractivity contribution is -0.385. The number of ether oxygens (including phenoxy) is 1. The van der Waals surface area contributed by atoms with Gasteiger partial charge in [0.2, 0.25) is 0 Å². The summed E-state index contributed by atoms with van der Waals surface area (Å²) in [5, 5.41) is 18.5. The molecule has 0 spiro atoms. The lowest BCUT2D eigenvalue weighted by atomic mass is 10.1. The number of azo groups is 1. The first kappa shape index (κ1) is 18.3. The van der Waals surface area contributed by atoms with Crippen LogP contribution >= 0.6 is 0 Å². The van der Waals surface area contributed by atoms with E-state index in [0.29, 0.717) is 28.8 Å². The summed E-state index contributed by atoms with van der Waals surface area (Å²) in [6.45, 7) is 1.71. The quantitative estimate of drug-likeness (QED) is 0.270. The lowest BCUT2D eigenvalue weighted by Crippen LogP contribution is -2.00. The summed E-state index contributed by atoms with van der Waals surface area (Å²) in [5.74, 6) is 0.359. The van der Waals surface area contributed by atoms with Crippen molar-refractivity contribution in [1.82, 2.24) is 0 Å². The third-order valence-electron chi connectivity index (χ3n) is 3.25. The second-order valence-electron chi connectivity index (χ2n) is 4.96. The number of nitrogens with two attached hydrogens (primary N) is 1. The zero-order valence-electron chi connectivity index (χ0n) is 13.2. The number of hydrogen-bond acceptors (Lipinski definition) is 8. The Bertz CT molecular complexity index is 972. The molecule has 0 aliphatic carbocycles. The van der Waals surface area contributed by atoms with Gasteiger partial charge in [0.1, 0.15) is 16.3 Å². The summed E-state index contributed by atoms with van der Waals surface area (Å²) < 4.78 is 37.2. The third kappa shape index (κ3) is 4.08. The molecule has 0 amide bonds. The number of methoxy groups -OCH3 is 1. The van der Waals surface area contributed by atoms with E-state index < -0.39 is 25.6 Å². The van der Waals surface area contributed by atoms with E-state index in [2.05, 4.69) is 10.2 Å². The molecule has 132 valence electrons. The molecule has 11 heteroatoms. The van der Waals surface area contributed by atoms with Gasteiger partial charge < -0.3 is 10.5 Å². The number of nitro benzene ring substituents is 1. The van der Waals surface area contributed by atoms with E-state index in [9.17, 15) is 23.1 Å².